The molecule has 0 bridgehead atoms. The van der Waals surface area contributed by atoms with Gasteiger partial charge in [0.05, 0.1) is 13.5 Å². The van der Waals surface area contributed by atoms with Crippen molar-refractivity contribution in [1.82, 2.24) is 5.43 Å². The number of benzene rings is 1. The van der Waals surface area contributed by atoms with Crippen molar-refractivity contribution in [3.63, 3.8) is 0 Å². The zero-order valence-electron chi connectivity index (χ0n) is 7.71. The smallest absolute Gasteiger partial charge is 0.238 e. The normalized spacial score (nSPS) is 9.64. The van der Waals surface area contributed by atoms with Crippen LogP contribution in [0.15, 0.2) is 18.2 Å². The summed E-state index contributed by atoms with van der Waals surface area (Å²) in [6.07, 6.45) is -0.133. The number of amides is 1. The fourth-order valence-corrected chi connectivity index (χ4v) is 1.11. The second-order valence-electron chi connectivity index (χ2n) is 2.66. The molecule has 0 aliphatic heterocycles. The average molecular weight is 198 g/mol. The van der Waals surface area contributed by atoms with E-state index in [1.165, 1.54) is 19.2 Å². The van der Waals surface area contributed by atoms with Gasteiger partial charge in [-0.3, -0.25) is 10.2 Å². The SMILES string of the molecule is COc1cccc(F)c1CC(=O)NN. The van der Waals surface area contributed by atoms with Gasteiger partial charge in [0, 0.05) is 5.56 Å². The molecule has 1 aromatic carbocycles. The van der Waals surface area contributed by atoms with Crippen molar-refractivity contribution in [1.29, 1.82) is 0 Å². The Hall–Kier alpha value is -1.62. The molecular weight excluding hydrogens is 187 g/mol. The van der Waals surface area contributed by atoms with Crippen LogP contribution in [0.4, 0.5) is 4.39 Å². The summed E-state index contributed by atoms with van der Waals surface area (Å²) in [5, 5.41) is 0. The molecule has 0 atom stereocenters. The summed E-state index contributed by atoms with van der Waals surface area (Å²) in [7, 11) is 1.42. The van der Waals surface area contributed by atoms with E-state index >= 15 is 0 Å². The van der Waals surface area contributed by atoms with E-state index in [1.54, 1.807) is 6.07 Å². The van der Waals surface area contributed by atoms with Crippen molar-refractivity contribution in [3.8, 4) is 5.75 Å². The average Bonchev–Trinajstić information content (AvgIpc) is 2.20. The molecule has 0 aliphatic rings. The monoisotopic (exact) mass is 198 g/mol. The first kappa shape index (κ1) is 10.5. The van der Waals surface area contributed by atoms with Gasteiger partial charge in [0.25, 0.3) is 0 Å². The van der Waals surface area contributed by atoms with E-state index in [0.717, 1.165) is 0 Å². The molecule has 1 rings (SSSR count). The van der Waals surface area contributed by atoms with Crippen LogP contribution in [0, 0.1) is 5.82 Å². The predicted molar refractivity (Wildman–Crippen MR) is 49.0 cm³/mol. The molecule has 14 heavy (non-hydrogen) atoms. The van der Waals surface area contributed by atoms with Crippen LogP contribution >= 0.6 is 0 Å². The minimum absolute atomic E-state index is 0.133. The summed E-state index contributed by atoms with van der Waals surface area (Å²) in [5.41, 5.74) is 2.14. The highest BCUT2D eigenvalue weighted by molar-refractivity contribution is 5.78. The van der Waals surface area contributed by atoms with Gasteiger partial charge in [-0.15, -0.1) is 0 Å². The first-order valence-electron chi connectivity index (χ1n) is 4.00. The van der Waals surface area contributed by atoms with Crippen LogP contribution in [-0.4, -0.2) is 13.0 Å². The van der Waals surface area contributed by atoms with E-state index in [9.17, 15) is 9.18 Å². The van der Waals surface area contributed by atoms with Crippen LogP contribution in [0.25, 0.3) is 0 Å². The van der Waals surface area contributed by atoms with Gasteiger partial charge in [-0.2, -0.15) is 0 Å². The second-order valence-corrected chi connectivity index (χ2v) is 2.66. The molecule has 0 fully saturated rings. The van der Waals surface area contributed by atoms with Crippen LogP contribution in [0.2, 0.25) is 0 Å². The number of methoxy groups -OCH3 is 1. The van der Waals surface area contributed by atoms with Gasteiger partial charge >= 0.3 is 0 Å². The number of nitrogens with two attached hydrogens (primary N) is 1. The minimum atomic E-state index is -0.479. The lowest BCUT2D eigenvalue weighted by atomic mass is 10.1. The lowest BCUT2D eigenvalue weighted by Gasteiger charge is -2.08. The Morgan fingerprint density at radius 1 is 1.64 bits per heavy atom. The molecule has 4 nitrogen and oxygen atoms in total. The van der Waals surface area contributed by atoms with Crippen LogP contribution in [0.5, 0.6) is 5.75 Å². The molecule has 0 saturated carbocycles. The van der Waals surface area contributed by atoms with E-state index < -0.39 is 11.7 Å². The van der Waals surface area contributed by atoms with Gasteiger partial charge in [-0.05, 0) is 12.1 Å². The van der Waals surface area contributed by atoms with Gasteiger partial charge in [0.1, 0.15) is 11.6 Å². The molecule has 0 saturated heterocycles. The number of hydrazine groups is 1. The molecule has 0 heterocycles. The molecular formula is C9H11FN2O2. The molecule has 3 N–H and O–H groups in total. The van der Waals surface area contributed by atoms with E-state index in [2.05, 4.69) is 0 Å². The van der Waals surface area contributed by atoms with Gasteiger partial charge < -0.3 is 4.74 Å². The minimum Gasteiger partial charge on any atom is -0.496 e. The van der Waals surface area contributed by atoms with Crippen molar-refractivity contribution >= 4 is 5.91 Å². The number of hydrogen-bond acceptors (Lipinski definition) is 3. The van der Waals surface area contributed by atoms with Gasteiger partial charge in [-0.25, -0.2) is 10.2 Å². The number of hydrogen-bond donors (Lipinski definition) is 2. The van der Waals surface area contributed by atoms with E-state index in [4.69, 9.17) is 10.6 Å². The summed E-state index contributed by atoms with van der Waals surface area (Å²) >= 11 is 0. The van der Waals surface area contributed by atoms with Crippen LogP contribution in [0.3, 0.4) is 0 Å². The van der Waals surface area contributed by atoms with Crippen molar-refractivity contribution in [2.24, 2.45) is 5.84 Å². The highest BCUT2D eigenvalue weighted by Crippen LogP contribution is 2.21. The topological polar surface area (TPSA) is 64.3 Å². The van der Waals surface area contributed by atoms with Gasteiger partial charge in [0.2, 0.25) is 5.91 Å². The Kier molecular flexibility index (Phi) is 3.41. The largest absolute Gasteiger partial charge is 0.496 e. The second kappa shape index (κ2) is 4.57. The highest BCUT2D eigenvalue weighted by Gasteiger charge is 2.12. The van der Waals surface area contributed by atoms with Gasteiger partial charge in [-0.1, -0.05) is 6.07 Å². The molecule has 0 aliphatic carbocycles. The highest BCUT2D eigenvalue weighted by atomic mass is 19.1. The third-order valence-electron chi connectivity index (χ3n) is 1.79. The predicted octanol–water partition coefficient (Wildman–Crippen LogP) is 0.367. The maximum absolute atomic E-state index is 13.2. The molecule has 1 amide bonds. The van der Waals surface area contributed by atoms with Crippen LogP contribution in [0.1, 0.15) is 5.56 Å². The Morgan fingerprint density at radius 3 is 2.93 bits per heavy atom. The van der Waals surface area contributed by atoms with E-state index in [0.29, 0.717) is 5.75 Å². The molecule has 0 radical (unpaired) electrons. The molecule has 0 aromatic heterocycles. The standard InChI is InChI=1S/C9H11FN2O2/c1-14-8-4-2-3-7(10)6(8)5-9(13)12-11/h2-4H,5,11H2,1H3,(H,12,13). The summed E-state index contributed by atoms with van der Waals surface area (Å²) in [6, 6.07) is 4.36. The maximum atomic E-state index is 13.2. The number of carbonyl (C=O) groups excluding carboxylic acids is 1. The molecule has 1 aromatic rings. The fourth-order valence-electron chi connectivity index (χ4n) is 1.11. The molecule has 0 spiro atoms. The molecule has 76 valence electrons. The first-order valence-corrected chi connectivity index (χ1v) is 4.00. The Morgan fingerprint density at radius 2 is 2.36 bits per heavy atom. The number of carbonyl (C=O) groups is 1. The zero-order valence-corrected chi connectivity index (χ0v) is 7.71. The number of halogens is 1. The van der Waals surface area contributed by atoms with E-state index in [1.807, 2.05) is 5.43 Å². The van der Waals surface area contributed by atoms with Gasteiger partial charge in [0.15, 0.2) is 0 Å². The fraction of sp³-hybridized carbons (Fsp3) is 0.222. The van der Waals surface area contributed by atoms with Crippen LogP contribution in [-0.2, 0) is 11.2 Å². The lowest BCUT2D eigenvalue weighted by Crippen LogP contribution is -2.31. The van der Waals surface area contributed by atoms with Crippen molar-refractivity contribution in [3.05, 3.63) is 29.6 Å². The third kappa shape index (κ3) is 2.20. The summed E-state index contributed by atoms with van der Waals surface area (Å²) < 4.78 is 18.1. The first-order chi connectivity index (χ1) is 6.69. The van der Waals surface area contributed by atoms with E-state index in [-0.39, 0.29) is 12.0 Å². The Balaban J connectivity index is 2.98. The Labute approximate surface area is 80.8 Å². The van der Waals surface area contributed by atoms with Crippen molar-refractivity contribution < 1.29 is 13.9 Å². The Bertz CT molecular complexity index is 342. The van der Waals surface area contributed by atoms with Crippen LogP contribution < -0.4 is 16.0 Å². The zero-order chi connectivity index (χ0) is 10.6. The third-order valence-corrected chi connectivity index (χ3v) is 1.79. The number of rotatable bonds is 3. The number of ether oxygens (including phenoxy) is 1. The molecule has 5 heteroatoms. The molecule has 0 unspecified atom stereocenters. The maximum Gasteiger partial charge on any atom is 0.238 e. The summed E-state index contributed by atoms with van der Waals surface area (Å²) in [4.78, 5) is 10.9. The quantitative estimate of drug-likeness (QED) is 0.419. The van der Waals surface area contributed by atoms with Crippen molar-refractivity contribution in [2.45, 2.75) is 6.42 Å². The van der Waals surface area contributed by atoms with Crippen molar-refractivity contribution in [2.75, 3.05) is 7.11 Å². The lowest BCUT2D eigenvalue weighted by molar-refractivity contribution is -0.120. The number of nitrogens with one attached hydrogen (secondary N) is 1. The summed E-state index contributed by atoms with van der Waals surface area (Å²) in [6.45, 7) is 0. The summed E-state index contributed by atoms with van der Waals surface area (Å²) in [5.74, 6) is 4.30.